The Morgan fingerprint density at radius 2 is 2.08 bits per heavy atom. The van der Waals surface area contributed by atoms with Gasteiger partial charge in [-0.15, -0.1) is 5.10 Å². The Morgan fingerprint density at radius 1 is 1.28 bits per heavy atom. The van der Waals surface area contributed by atoms with Crippen LogP contribution in [0, 0.1) is 0 Å². The van der Waals surface area contributed by atoms with Crippen LogP contribution < -0.4 is 10.5 Å². The molecule has 7 nitrogen and oxygen atoms in total. The lowest BCUT2D eigenvalue weighted by Crippen LogP contribution is -2.33. The number of hydrogen-bond donors (Lipinski definition) is 0. The van der Waals surface area contributed by atoms with E-state index in [4.69, 9.17) is 0 Å². The molecular weight excluding hydrogens is 336 g/mol. The Labute approximate surface area is 149 Å². The fraction of sp³-hybridized carbons (Fsp3) is 0.529. The second-order valence-corrected chi connectivity index (χ2v) is 7.34. The maximum absolute atomic E-state index is 12.2. The Kier molecular flexibility index (Phi) is 4.29. The molecule has 8 heteroatoms. The van der Waals surface area contributed by atoms with Crippen LogP contribution in [0.25, 0.3) is 4.96 Å². The van der Waals surface area contributed by atoms with Gasteiger partial charge in [-0.05, 0) is 37.7 Å². The number of aryl methyl sites for hydroxylation is 2. The van der Waals surface area contributed by atoms with Gasteiger partial charge in [-0.2, -0.15) is 9.61 Å². The first-order valence-electron chi connectivity index (χ1n) is 8.85. The first-order chi connectivity index (χ1) is 12.2. The van der Waals surface area contributed by atoms with E-state index in [2.05, 4.69) is 33.2 Å². The van der Waals surface area contributed by atoms with Crippen molar-refractivity contribution in [1.29, 1.82) is 0 Å². The van der Waals surface area contributed by atoms with Gasteiger partial charge in [0.1, 0.15) is 0 Å². The predicted octanol–water partition coefficient (Wildman–Crippen LogP) is 2.31. The smallest absolute Gasteiger partial charge is 0.275 e. The lowest BCUT2D eigenvalue weighted by molar-refractivity contribution is 0.503. The fourth-order valence-electron chi connectivity index (χ4n) is 3.32. The summed E-state index contributed by atoms with van der Waals surface area (Å²) in [5, 5.41) is 9.77. The van der Waals surface area contributed by atoms with Crippen molar-refractivity contribution in [3.05, 3.63) is 40.1 Å². The minimum absolute atomic E-state index is 0.0915. The number of anilines is 1. The zero-order chi connectivity index (χ0) is 17.4. The summed E-state index contributed by atoms with van der Waals surface area (Å²) in [5.74, 6) is 0.554. The molecule has 0 amide bonds. The molecule has 0 bridgehead atoms. The largest absolute Gasteiger partial charge is 0.347 e. The van der Waals surface area contributed by atoms with Crippen LogP contribution in [0.5, 0.6) is 0 Å². The third-order valence-corrected chi connectivity index (χ3v) is 5.83. The van der Waals surface area contributed by atoms with E-state index in [0.717, 1.165) is 49.7 Å². The molecule has 0 spiro atoms. The normalized spacial score (nSPS) is 16.0. The highest BCUT2D eigenvalue weighted by Crippen LogP contribution is 2.31. The first-order valence-corrected chi connectivity index (χ1v) is 9.66. The molecule has 0 unspecified atom stereocenters. The summed E-state index contributed by atoms with van der Waals surface area (Å²) >= 11 is 1.50. The van der Waals surface area contributed by atoms with Crippen molar-refractivity contribution in [1.82, 2.24) is 24.4 Å². The third-order valence-electron chi connectivity index (χ3n) is 4.86. The van der Waals surface area contributed by atoms with Crippen molar-refractivity contribution >= 4 is 21.4 Å². The summed E-state index contributed by atoms with van der Waals surface area (Å²) in [7, 11) is 0. The summed E-state index contributed by atoms with van der Waals surface area (Å²) in [6.45, 7) is 6.90. The number of nitrogens with zero attached hydrogens (tertiary/aromatic N) is 6. The molecule has 0 radical (unpaired) electrons. The Bertz CT molecular complexity index is 934. The van der Waals surface area contributed by atoms with Crippen LogP contribution in [0.2, 0.25) is 0 Å². The molecule has 1 fully saturated rings. The van der Waals surface area contributed by atoms with E-state index in [1.54, 1.807) is 6.07 Å². The second kappa shape index (κ2) is 6.59. The summed E-state index contributed by atoms with van der Waals surface area (Å²) in [5.41, 5.74) is 2.06. The molecule has 0 aliphatic carbocycles. The minimum atomic E-state index is -0.0915. The Hall–Kier alpha value is -2.22. The van der Waals surface area contributed by atoms with E-state index < -0.39 is 0 Å². The molecule has 1 saturated heterocycles. The van der Waals surface area contributed by atoms with Crippen LogP contribution in [0.1, 0.15) is 43.9 Å². The number of aromatic nitrogens is 5. The molecule has 4 rings (SSSR count). The molecule has 1 aliphatic heterocycles. The number of hydrogen-bond acceptors (Lipinski definition) is 6. The third kappa shape index (κ3) is 3.06. The van der Waals surface area contributed by atoms with E-state index in [9.17, 15) is 4.79 Å². The van der Waals surface area contributed by atoms with Crippen molar-refractivity contribution in [3.8, 4) is 0 Å². The van der Waals surface area contributed by atoms with Gasteiger partial charge in [-0.1, -0.05) is 18.3 Å². The number of rotatable bonds is 4. The zero-order valence-corrected chi connectivity index (χ0v) is 15.4. The van der Waals surface area contributed by atoms with Crippen molar-refractivity contribution in [2.24, 2.45) is 0 Å². The molecule has 3 aromatic rings. The zero-order valence-electron chi connectivity index (χ0n) is 14.6. The summed E-state index contributed by atoms with van der Waals surface area (Å²) in [6, 6.07) is 1.58. The second-order valence-electron chi connectivity index (χ2n) is 6.41. The first kappa shape index (κ1) is 16.3. The van der Waals surface area contributed by atoms with Gasteiger partial charge in [-0.3, -0.25) is 9.48 Å². The molecule has 132 valence electrons. The van der Waals surface area contributed by atoms with Crippen LogP contribution in [-0.2, 0) is 13.0 Å². The average molecular weight is 358 g/mol. The average Bonchev–Trinajstić information content (AvgIpc) is 3.29. The molecule has 0 N–H and O–H groups in total. The van der Waals surface area contributed by atoms with Crippen molar-refractivity contribution in [3.63, 3.8) is 0 Å². The van der Waals surface area contributed by atoms with Crippen molar-refractivity contribution < 1.29 is 0 Å². The Balaban J connectivity index is 1.51. The highest BCUT2D eigenvalue weighted by molar-refractivity contribution is 7.20. The van der Waals surface area contributed by atoms with E-state index >= 15 is 0 Å². The van der Waals surface area contributed by atoms with Crippen LogP contribution in [0.4, 0.5) is 5.13 Å². The maximum Gasteiger partial charge on any atom is 0.275 e. The highest BCUT2D eigenvalue weighted by Gasteiger charge is 2.24. The monoisotopic (exact) mass is 358 g/mol. The van der Waals surface area contributed by atoms with Crippen molar-refractivity contribution in [2.45, 2.75) is 45.6 Å². The molecule has 0 aromatic carbocycles. The van der Waals surface area contributed by atoms with Gasteiger partial charge < -0.3 is 4.90 Å². The summed E-state index contributed by atoms with van der Waals surface area (Å²) in [6.07, 6.45) is 7.07. The topological polar surface area (TPSA) is 68.3 Å². The highest BCUT2D eigenvalue weighted by atomic mass is 32.1. The van der Waals surface area contributed by atoms with Crippen LogP contribution in [0.15, 0.2) is 23.3 Å². The van der Waals surface area contributed by atoms with E-state index in [1.165, 1.54) is 21.4 Å². The van der Waals surface area contributed by atoms with Crippen LogP contribution in [0.3, 0.4) is 0 Å². The molecule has 3 aromatic heterocycles. The molecular formula is C17H22N6OS. The molecule has 0 atom stereocenters. The SMILES string of the molecule is CCc1cc(=O)n2nc(N3CCC(c4cnn(CC)c4)CC3)sc2n1. The maximum atomic E-state index is 12.2. The summed E-state index contributed by atoms with van der Waals surface area (Å²) in [4.78, 5) is 19.6. The van der Waals surface area contributed by atoms with Gasteiger partial charge in [0.2, 0.25) is 10.1 Å². The standard InChI is InChI=1S/C17H22N6OS/c1-3-14-9-15(24)23-16(19-14)25-17(20-23)21-7-5-12(6-8-21)13-10-18-22(4-2)11-13/h9-12H,3-8H2,1-2H3. The molecule has 0 saturated carbocycles. The molecule has 4 heterocycles. The van der Waals surface area contributed by atoms with Crippen molar-refractivity contribution in [2.75, 3.05) is 18.0 Å². The van der Waals surface area contributed by atoms with E-state index in [-0.39, 0.29) is 5.56 Å². The minimum Gasteiger partial charge on any atom is -0.347 e. The van der Waals surface area contributed by atoms with Gasteiger partial charge in [0.25, 0.3) is 5.56 Å². The van der Waals surface area contributed by atoms with Gasteiger partial charge in [-0.25, -0.2) is 4.98 Å². The fourth-order valence-corrected chi connectivity index (χ4v) is 4.30. The van der Waals surface area contributed by atoms with Gasteiger partial charge in [0, 0.05) is 37.6 Å². The predicted molar refractivity (Wildman–Crippen MR) is 98.6 cm³/mol. The Morgan fingerprint density at radius 3 is 2.76 bits per heavy atom. The molecule has 1 aliphatic rings. The lowest BCUT2D eigenvalue weighted by Gasteiger charge is -2.30. The van der Waals surface area contributed by atoms with Crippen LogP contribution >= 0.6 is 11.3 Å². The van der Waals surface area contributed by atoms with E-state index in [0.29, 0.717) is 10.9 Å². The van der Waals surface area contributed by atoms with Crippen LogP contribution in [-0.4, -0.2) is 37.5 Å². The number of piperidine rings is 1. The quantitative estimate of drug-likeness (QED) is 0.716. The molecule has 25 heavy (non-hydrogen) atoms. The van der Waals surface area contributed by atoms with Gasteiger partial charge in [0.05, 0.1) is 6.20 Å². The van der Waals surface area contributed by atoms with Gasteiger partial charge in [0.15, 0.2) is 0 Å². The summed E-state index contributed by atoms with van der Waals surface area (Å²) < 4.78 is 3.41. The number of fused-ring (bicyclic) bond motifs is 1. The van der Waals surface area contributed by atoms with Gasteiger partial charge >= 0.3 is 0 Å². The lowest BCUT2D eigenvalue weighted by atomic mass is 9.92. The van der Waals surface area contributed by atoms with E-state index in [1.807, 2.05) is 17.8 Å².